The fourth-order valence-electron chi connectivity index (χ4n) is 6.08. The largest absolute Gasteiger partial charge is 0.355 e. The molecule has 0 saturated heterocycles. The third-order valence-corrected chi connectivity index (χ3v) is 9.85. The first-order valence-electron chi connectivity index (χ1n) is 21.2. The van der Waals surface area contributed by atoms with Crippen LogP contribution in [0.3, 0.4) is 0 Å². The van der Waals surface area contributed by atoms with Crippen molar-refractivity contribution in [1.82, 2.24) is 56.1 Å². The molecular formula is C42H74N12O7S. The predicted molar refractivity (Wildman–Crippen MR) is 244 cm³/mol. The maximum absolute atomic E-state index is 13.9. The molecule has 0 bridgehead atoms. The number of nitrogens with zero attached hydrogens (tertiary/aromatic N) is 7. The monoisotopic (exact) mass is 891 g/mol. The molecular weight excluding hydrogens is 817 g/mol. The van der Waals surface area contributed by atoms with Gasteiger partial charge >= 0.3 is 0 Å². The van der Waals surface area contributed by atoms with Crippen LogP contribution in [0.5, 0.6) is 0 Å². The van der Waals surface area contributed by atoms with Gasteiger partial charge in [-0.1, -0.05) is 6.42 Å². The minimum atomic E-state index is -0.769. The minimum absolute atomic E-state index is 0.0809. The van der Waals surface area contributed by atoms with Crippen molar-refractivity contribution in [2.45, 2.75) is 62.3 Å². The SMILES string of the molecule is CSc1ccncc1C(=O)N(CCCNC(=O)C(C=NC(=O)CN(C)C)CCCCNC(=O)CN(C)C)CCCNC(=O)[C@H](CCCCNC(=O)CN(C)C)NC(=O)CN(C)C. The second-order valence-electron chi connectivity index (χ2n) is 16.2. The van der Waals surface area contributed by atoms with Crippen LogP contribution in [-0.2, 0) is 28.8 Å². The van der Waals surface area contributed by atoms with E-state index >= 15 is 0 Å². The Labute approximate surface area is 373 Å². The standard InChI is InChI=1S/C42H74N12O7S/c1-50(2)28-36(55)44-19-12-10-16-32(26-48-38(57)30-52(5)6)40(59)46-21-14-24-54(42(61)33-27-43-23-18-35(33)62-9)25-15-22-47-41(60)34(49-39(58)31-53(7)8)17-11-13-20-45-37(56)29-51(3)4/h18,23,26-27,32,34H,10-17,19-22,24-25,28-31H2,1-9H3,(H,44,55)(H,45,56)(H,46,59)(H,47,60)(H,49,58)/t32?,34-/m0/s1. The van der Waals surface area contributed by atoms with Crippen LogP contribution >= 0.6 is 11.8 Å². The zero-order valence-electron chi connectivity index (χ0n) is 38.6. The van der Waals surface area contributed by atoms with Crippen molar-refractivity contribution in [3.8, 4) is 0 Å². The number of carbonyl (C=O) groups is 7. The van der Waals surface area contributed by atoms with E-state index in [0.29, 0.717) is 83.1 Å². The molecule has 19 nitrogen and oxygen atoms in total. The van der Waals surface area contributed by atoms with Crippen molar-refractivity contribution in [3.05, 3.63) is 24.0 Å². The van der Waals surface area contributed by atoms with Gasteiger partial charge in [-0.15, -0.1) is 11.8 Å². The first kappa shape index (κ1) is 55.5. The van der Waals surface area contributed by atoms with Crippen molar-refractivity contribution in [3.63, 3.8) is 0 Å². The number of hydrogen-bond acceptors (Lipinski definition) is 13. The maximum atomic E-state index is 13.9. The summed E-state index contributed by atoms with van der Waals surface area (Å²) in [6.45, 7) is 2.83. The molecule has 20 heteroatoms. The Morgan fingerprint density at radius 1 is 0.645 bits per heavy atom. The number of hydrogen-bond donors (Lipinski definition) is 5. The first-order valence-corrected chi connectivity index (χ1v) is 22.5. The molecule has 1 aromatic rings. The van der Waals surface area contributed by atoms with Gasteiger partial charge in [0.15, 0.2) is 0 Å². The summed E-state index contributed by atoms with van der Waals surface area (Å²) >= 11 is 1.43. The highest BCUT2D eigenvalue weighted by atomic mass is 32.2. The number of rotatable bonds is 32. The molecule has 0 aliphatic carbocycles. The predicted octanol–water partition coefficient (Wildman–Crippen LogP) is -0.224. The summed E-state index contributed by atoms with van der Waals surface area (Å²) in [6.07, 6.45) is 10.6. The van der Waals surface area contributed by atoms with E-state index in [9.17, 15) is 33.6 Å². The lowest BCUT2D eigenvalue weighted by atomic mass is 10.0. The first-order chi connectivity index (χ1) is 29.4. The smallest absolute Gasteiger partial charge is 0.259 e. The average molecular weight is 891 g/mol. The summed E-state index contributed by atoms with van der Waals surface area (Å²) in [4.78, 5) is 107. The molecule has 7 amide bonds. The summed E-state index contributed by atoms with van der Waals surface area (Å²) in [5.74, 6) is -2.32. The summed E-state index contributed by atoms with van der Waals surface area (Å²) in [5, 5.41) is 14.4. The zero-order chi connectivity index (χ0) is 46.5. The van der Waals surface area contributed by atoms with Gasteiger partial charge in [0, 0.05) is 62.8 Å². The van der Waals surface area contributed by atoms with Gasteiger partial charge in [-0.05, 0) is 114 Å². The number of amides is 7. The van der Waals surface area contributed by atoms with Crippen molar-refractivity contribution >= 4 is 59.3 Å². The fraction of sp³-hybridized carbons (Fsp3) is 0.690. The second kappa shape index (κ2) is 32.2. The van der Waals surface area contributed by atoms with Crippen molar-refractivity contribution in [2.24, 2.45) is 10.9 Å². The van der Waals surface area contributed by atoms with Crippen LogP contribution in [0.25, 0.3) is 0 Å². The molecule has 1 aromatic heterocycles. The Bertz CT molecular complexity index is 1580. The van der Waals surface area contributed by atoms with Crippen molar-refractivity contribution < 1.29 is 33.6 Å². The highest BCUT2D eigenvalue weighted by Crippen LogP contribution is 2.21. The van der Waals surface area contributed by atoms with E-state index < -0.39 is 12.0 Å². The minimum Gasteiger partial charge on any atom is -0.355 e. The van der Waals surface area contributed by atoms with Gasteiger partial charge in [0.05, 0.1) is 37.7 Å². The molecule has 5 N–H and O–H groups in total. The molecule has 350 valence electrons. The van der Waals surface area contributed by atoms with Gasteiger partial charge in [0.2, 0.25) is 29.5 Å². The van der Waals surface area contributed by atoms with Gasteiger partial charge in [-0.25, -0.2) is 4.99 Å². The molecule has 0 spiro atoms. The third kappa shape index (κ3) is 26.1. The number of likely N-dealkylation sites (N-methyl/N-ethyl adjacent to an activating group) is 4. The molecule has 2 atom stereocenters. The van der Waals surface area contributed by atoms with Crippen LogP contribution in [0, 0.1) is 5.92 Å². The number of unbranched alkanes of at least 4 members (excludes halogenated alkanes) is 2. The molecule has 0 fully saturated rings. The van der Waals surface area contributed by atoms with E-state index in [2.05, 4.69) is 36.6 Å². The van der Waals surface area contributed by atoms with E-state index in [1.807, 2.05) is 34.4 Å². The number of aliphatic imine (C=N–C) groups is 1. The molecule has 62 heavy (non-hydrogen) atoms. The Hall–Kier alpha value is -4.50. The summed E-state index contributed by atoms with van der Waals surface area (Å²) in [6, 6.07) is 1.01. The Morgan fingerprint density at radius 3 is 1.68 bits per heavy atom. The molecule has 0 saturated carbocycles. The van der Waals surface area contributed by atoms with Crippen LogP contribution in [0.4, 0.5) is 0 Å². The van der Waals surface area contributed by atoms with Crippen molar-refractivity contribution in [2.75, 3.05) is 128 Å². The maximum Gasteiger partial charge on any atom is 0.259 e. The average Bonchev–Trinajstić information content (AvgIpc) is 3.18. The van der Waals surface area contributed by atoms with Gasteiger partial charge in [-0.2, -0.15) is 0 Å². The molecule has 0 aliphatic heterocycles. The highest BCUT2D eigenvalue weighted by molar-refractivity contribution is 7.98. The number of pyridine rings is 1. The molecule has 0 aromatic carbocycles. The Morgan fingerprint density at radius 2 is 1.15 bits per heavy atom. The molecule has 1 rings (SSSR count). The summed E-state index contributed by atoms with van der Waals surface area (Å²) < 4.78 is 0. The van der Waals surface area contributed by atoms with Crippen LogP contribution in [0.1, 0.15) is 61.7 Å². The van der Waals surface area contributed by atoms with E-state index in [1.165, 1.54) is 24.2 Å². The zero-order valence-corrected chi connectivity index (χ0v) is 39.4. The molecule has 0 radical (unpaired) electrons. The third-order valence-electron chi connectivity index (χ3n) is 9.05. The Kier molecular flexibility index (Phi) is 28.8. The molecule has 0 aliphatic rings. The van der Waals surface area contributed by atoms with E-state index in [4.69, 9.17) is 0 Å². The van der Waals surface area contributed by atoms with Crippen LogP contribution in [0.2, 0.25) is 0 Å². The normalized spacial score (nSPS) is 12.4. The lowest BCUT2D eigenvalue weighted by molar-refractivity contribution is -0.129. The van der Waals surface area contributed by atoms with Gasteiger partial charge in [0.1, 0.15) is 6.04 Å². The van der Waals surface area contributed by atoms with Crippen LogP contribution in [-0.4, -0.2) is 211 Å². The number of thioether (sulfide) groups is 1. The fourth-order valence-corrected chi connectivity index (χ4v) is 6.64. The van der Waals surface area contributed by atoms with E-state index in [0.717, 1.165) is 4.90 Å². The van der Waals surface area contributed by atoms with Crippen LogP contribution < -0.4 is 26.6 Å². The summed E-state index contributed by atoms with van der Waals surface area (Å²) in [5.41, 5.74) is 0.450. The van der Waals surface area contributed by atoms with Crippen molar-refractivity contribution in [1.29, 1.82) is 0 Å². The number of aromatic nitrogens is 1. The highest BCUT2D eigenvalue weighted by Gasteiger charge is 2.23. The lowest BCUT2D eigenvalue weighted by Crippen LogP contribution is -2.49. The van der Waals surface area contributed by atoms with Gasteiger partial charge in [0.25, 0.3) is 11.8 Å². The van der Waals surface area contributed by atoms with E-state index in [-0.39, 0.29) is 80.6 Å². The number of carbonyl (C=O) groups excluding carboxylic acids is 7. The van der Waals surface area contributed by atoms with E-state index in [1.54, 1.807) is 65.0 Å². The number of nitrogens with one attached hydrogen (secondary N) is 5. The Balaban J connectivity index is 2.94. The van der Waals surface area contributed by atoms with Gasteiger partial charge in [-0.3, -0.25) is 38.5 Å². The molecule has 1 heterocycles. The second-order valence-corrected chi connectivity index (χ2v) is 17.0. The lowest BCUT2D eigenvalue weighted by Gasteiger charge is -2.24. The van der Waals surface area contributed by atoms with Gasteiger partial charge < -0.3 is 51.1 Å². The summed E-state index contributed by atoms with van der Waals surface area (Å²) in [7, 11) is 14.3. The van der Waals surface area contributed by atoms with Crippen LogP contribution in [0.15, 0.2) is 28.3 Å². The quantitative estimate of drug-likeness (QED) is 0.0359. The molecule has 1 unspecified atom stereocenters. The topological polar surface area (TPSA) is 221 Å².